The molecule has 0 fully saturated rings. The smallest absolute Gasteiger partial charge is 0.352 e. The molecular formula is C23H28N8O2. The molecule has 2 amide bonds. The van der Waals surface area contributed by atoms with Gasteiger partial charge in [0.1, 0.15) is 12.3 Å². The van der Waals surface area contributed by atoms with Gasteiger partial charge in [0.05, 0.1) is 28.6 Å². The highest BCUT2D eigenvalue weighted by Crippen LogP contribution is 2.24. The van der Waals surface area contributed by atoms with Crippen LogP contribution in [0.15, 0.2) is 58.9 Å². The summed E-state index contributed by atoms with van der Waals surface area (Å²) >= 11 is 0. The number of hydrogen-bond acceptors (Lipinski definition) is 8. The van der Waals surface area contributed by atoms with Crippen molar-refractivity contribution in [3.05, 3.63) is 65.5 Å². The lowest BCUT2D eigenvalue weighted by atomic mass is 10.1. The summed E-state index contributed by atoms with van der Waals surface area (Å²) in [4.78, 5) is 21.2. The number of rotatable bonds is 6. The van der Waals surface area contributed by atoms with Gasteiger partial charge in [0.25, 0.3) is 0 Å². The molecule has 2 aromatic carbocycles. The molecule has 10 heteroatoms. The first-order valence-electron chi connectivity index (χ1n) is 10.4. The van der Waals surface area contributed by atoms with E-state index in [2.05, 4.69) is 20.2 Å². The molecule has 10 nitrogen and oxygen atoms in total. The first kappa shape index (κ1) is 23.8. The van der Waals surface area contributed by atoms with Gasteiger partial charge in [-0.15, -0.1) is 5.10 Å². The van der Waals surface area contributed by atoms with E-state index < -0.39 is 6.03 Å². The predicted octanol–water partition coefficient (Wildman–Crippen LogP) is 3.29. The van der Waals surface area contributed by atoms with Crippen LogP contribution in [0.2, 0.25) is 0 Å². The summed E-state index contributed by atoms with van der Waals surface area (Å²) in [5, 5.41) is 10.4. The van der Waals surface area contributed by atoms with Crippen LogP contribution in [0.4, 0.5) is 10.5 Å². The Morgan fingerprint density at radius 2 is 1.82 bits per heavy atom. The number of amides is 2. The zero-order chi connectivity index (χ0) is 24.0. The summed E-state index contributed by atoms with van der Waals surface area (Å²) in [5.74, 6) is 12.0. The van der Waals surface area contributed by atoms with Gasteiger partial charge in [-0.2, -0.15) is 5.10 Å². The fraction of sp³-hybridized carbons (Fsp3) is 0.261. The first-order valence-corrected chi connectivity index (χ1v) is 10.4. The third-order valence-electron chi connectivity index (χ3n) is 4.97. The van der Waals surface area contributed by atoms with Gasteiger partial charge < -0.3 is 4.74 Å². The molecule has 0 aliphatic carbocycles. The molecule has 0 aliphatic rings. The van der Waals surface area contributed by atoms with Gasteiger partial charge >= 0.3 is 6.03 Å². The molecule has 1 aromatic heterocycles. The fourth-order valence-electron chi connectivity index (χ4n) is 3.04. The molecule has 0 unspecified atom stereocenters. The number of para-hydroxylation sites is 2. The van der Waals surface area contributed by atoms with Crippen LogP contribution in [0.5, 0.6) is 0 Å². The third kappa shape index (κ3) is 5.68. The summed E-state index contributed by atoms with van der Waals surface area (Å²) in [7, 11) is 1.43. The second-order valence-corrected chi connectivity index (χ2v) is 7.40. The third-order valence-corrected chi connectivity index (χ3v) is 4.97. The number of nitrogens with zero attached hydrogens (tertiary/aromatic N) is 6. The van der Waals surface area contributed by atoms with Crippen molar-refractivity contribution in [3.63, 3.8) is 0 Å². The van der Waals surface area contributed by atoms with Gasteiger partial charge in [0, 0.05) is 19.0 Å². The van der Waals surface area contributed by atoms with Gasteiger partial charge in [-0.3, -0.25) is 9.99 Å². The summed E-state index contributed by atoms with van der Waals surface area (Å²) in [6.45, 7) is 5.81. The highest BCUT2D eigenvalue weighted by Gasteiger charge is 2.19. The molecule has 33 heavy (non-hydrogen) atoms. The molecule has 172 valence electrons. The van der Waals surface area contributed by atoms with Gasteiger partial charge in [-0.05, 0) is 37.6 Å². The summed E-state index contributed by atoms with van der Waals surface area (Å²) in [6, 6.07) is 12.5. The largest absolute Gasteiger partial charge is 0.475 e. The molecule has 0 bridgehead atoms. The van der Waals surface area contributed by atoms with Gasteiger partial charge in [-0.1, -0.05) is 31.2 Å². The van der Waals surface area contributed by atoms with Crippen molar-refractivity contribution in [1.29, 1.82) is 0 Å². The maximum absolute atomic E-state index is 12.2. The average Bonchev–Trinajstić information content (AvgIpc) is 2.83. The Morgan fingerprint density at radius 3 is 2.52 bits per heavy atom. The Balaban J connectivity index is 1.79. The van der Waals surface area contributed by atoms with Crippen molar-refractivity contribution in [3.8, 4) is 0 Å². The Labute approximate surface area is 192 Å². The van der Waals surface area contributed by atoms with Crippen LogP contribution in [0.3, 0.4) is 0 Å². The minimum Gasteiger partial charge on any atom is -0.475 e. The number of urea groups is 1. The Morgan fingerprint density at radius 1 is 1.09 bits per heavy atom. The molecule has 3 rings (SSSR count). The quantitative estimate of drug-likeness (QED) is 0.195. The zero-order valence-electron chi connectivity index (χ0n) is 19.2. The van der Waals surface area contributed by atoms with E-state index in [0.29, 0.717) is 29.4 Å². The minimum atomic E-state index is -0.553. The Hall–Kier alpha value is -3.89. The number of hydrogen-bond donors (Lipinski definition) is 2. The second-order valence-electron chi connectivity index (χ2n) is 7.40. The standard InChI is InChI=1S/C23H28N8O2/c1-5-22(29-28-16(3)20-13-26-18-10-6-7-11-19(18)27-20)33-14-17-15(2)9-8-12-21(17)31(25)23(32)30(4)24/h6-13H,5,14,24-25H2,1-4H3. The van der Waals surface area contributed by atoms with E-state index in [1.54, 1.807) is 12.3 Å². The van der Waals surface area contributed by atoms with E-state index in [0.717, 1.165) is 32.2 Å². The monoisotopic (exact) mass is 448 g/mol. The van der Waals surface area contributed by atoms with Crippen LogP contribution in [0.1, 0.15) is 37.1 Å². The topological polar surface area (TPSA) is 135 Å². The molecule has 0 aliphatic heterocycles. The fourth-order valence-corrected chi connectivity index (χ4v) is 3.04. The lowest BCUT2D eigenvalue weighted by Gasteiger charge is -2.24. The van der Waals surface area contributed by atoms with Crippen LogP contribution in [0, 0.1) is 6.92 Å². The highest BCUT2D eigenvalue weighted by atomic mass is 16.5. The van der Waals surface area contributed by atoms with Crippen LogP contribution < -0.4 is 16.7 Å². The number of nitrogens with two attached hydrogens (primary N) is 2. The van der Waals surface area contributed by atoms with Crippen molar-refractivity contribution in [2.24, 2.45) is 21.9 Å². The van der Waals surface area contributed by atoms with E-state index in [-0.39, 0.29) is 6.61 Å². The number of carbonyl (C=O) groups is 1. The van der Waals surface area contributed by atoms with Crippen molar-refractivity contribution in [2.45, 2.75) is 33.8 Å². The summed E-state index contributed by atoms with van der Waals surface area (Å²) < 4.78 is 5.91. The van der Waals surface area contributed by atoms with E-state index in [4.69, 9.17) is 16.4 Å². The maximum atomic E-state index is 12.2. The molecule has 0 atom stereocenters. The SMILES string of the molecule is CCC(=NN=C(C)c1cnc2ccccc2n1)OCc1c(C)cccc1N(N)C(=O)N(C)N. The first-order chi connectivity index (χ1) is 15.8. The lowest BCUT2D eigenvalue weighted by Crippen LogP contribution is -2.49. The van der Waals surface area contributed by atoms with E-state index in [1.807, 2.05) is 57.2 Å². The highest BCUT2D eigenvalue weighted by molar-refractivity contribution is 5.98. The molecule has 0 saturated carbocycles. The lowest BCUT2D eigenvalue weighted by molar-refractivity contribution is 0.216. The average molecular weight is 449 g/mol. The van der Waals surface area contributed by atoms with Gasteiger partial charge in [0.2, 0.25) is 5.90 Å². The van der Waals surface area contributed by atoms with Crippen molar-refractivity contribution in [1.82, 2.24) is 15.0 Å². The number of ether oxygens (including phenoxy) is 1. The van der Waals surface area contributed by atoms with E-state index in [9.17, 15) is 4.79 Å². The number of fused-ring (bicyclic) bond motifs is 1. The molecule has 4 N–H and O–H groups in total. The number of anilines is 1. The number of aromatic nitrogens is 2. The number of benzene rings is 2. The van der Waals surface area contributed by atoms with Crippen LogP contribution in [-0.2, 0) is 11.3 Å². The predicted molar refractivity (Wildman–Crippen MR) is 129 cm³/mol. The van der Waals surface area contributed by atoms with Crippen molar-refractivity contribution >= 4 is 34.4 Å². The number of carbonyl (C=O) groups excluding carboxylic acids is 1. The number of hydrazine groups is 2. The van der Waals surface area contributed by atoms with Crippen LogP contribution >= 0.6 is 0 Å². The molecule has 0 radical (unpaired) electrons. The van der Waals surface area contributed by atoms with Gasteiger partial charge in [0.15, 0.2) is 0 Å². The van der Waals surface area contributed by atoms with Gasteiger partial charge in [-0.25, -0.2) is 26.5 Å². The summed E-state index contributed by atoms with van der Waals surface area (Å²) in [6.07, 6.45) is 2.20. The van der Waals surface area contributed by atoms with Crippen molar-refractivity contribution in [2.75, 3.05) is 12.1 Å². The number of aryl methyl sites for hydroxylation is 1. The second kappa shape index (κ2) is 10.6. The molecule has 3 aromatic rings. The van der Waals surface area contributed by atoms with Crippen LogP contribution in [-0.4, -0.2) is 39.7 Å². The molecule has 1 heterocycles. The maximum Gasteiger partial charge on any atom is 0.352 e. The normalized spacial score (nSPS) is 12.1. The molecule has 0 spiro atoms. The zero-order valence-corrected chi connectivity index (χ0v) is 19.2. The minimum absolute atomic E-state index is 0.161. The van der Waals surface area contributed by atoms with E-state index >= 15 is 0 Å². The molecular weight excluding hydrogens is 420 g/mol. The van der Waals surface area contributed by atoms with Crippen molar-refractivity contribution < 1.29 is 9.53 Å². The Bertz CT molecular complexity index is 1210. The van der Waals surface area contributed by atoms with Crippen LogP contribution in [0.25, 0.3) is 11.0 Å². The Kier molecular flexibility index (Phi) is 7.65. The molecule has 0 saturated heterocycles. The summed E-state index contributed by atoms with van der Waals surface area (Å²) in [5.41, 5.74) is 5.02. The van der Waals surface area contributed by atoms with E-state index in [1.165, 1.54) is 7.05 Å².